The van der Waals surface area contributed by atoms with Crippen LogP contribution in [0.2, 0.25) is 0 Å². The summed E-state index contributed by atoms with van der Waals surface area (Å²) in [7, 11) is 0. The van der Waals surface area contributed by atoms with Crippen LogP contribution < -0.4 is 15.4 Å². The van der Waals surface area contributed by atoms with Crippen LogP contribution in [0.5, 0.6) is 11.5 Å². The van der Waals surface area contributed by atoms with Crippen molar-refractivity contribution in [2.45, 2.75) is 45.6 Å². The van der Waals surface area contributed by atoms with Crippen LogP contribution in [0.25, 0.3) is 0 Å². The summed E-state index contributed by atoms with van der Waals surface area (Å²) in [6.45, 7) is 5.89. The summed E-state index contributed by atoms with van der Waals surface area (Å²) in [4.78, 5) is 12.1. The summed E-state index contributed by atoms with van der Waals surface area (Å²) in [6, 6.07) is 20.1. The van der Waals surface area contributed by atoms with Crippen LogP contribution in [0.4, 0.5) is 0 Å². The number of amides is 1. The summed E-state index contributed by atoms with van der Waals surface area (Å²) in [5, 5.41) is 35.4. The Labute approximate surface area is 224 Å². The number of phenols is 1. The predicted molar refractivity (Wildman–Crippen MR) is 146 cm³/mol. The standard InChI is InChI=1S/C30H38N2O6/c1-21(2)32-30(36)25-5-3-4-23(16-25)20-37-14-15-38-27-9-6-22(7-10-27)12-13-31-18-29(35)24-8-11-28(34)26(17-24)19-33/h3-11,16-17,21,29,31,33-35H,12-15,18-20H2,1-2H3,(H,32,36)/t29-/m1/s1. The van der Waals surface area contributed by atoms with Crippen LogP contribution >= 0.6 is 0 Å². The maximum atomic E-state index is 12.1. The smallest absolute Gasteiger partial charge is 0.251 e. The first-order chi connectivity index (χ1) is 18.4. The molecule has 8 heteroatoms. The van der Waals surface area contributed by atoms with E-state index < -0.39 is 6.10 Å². The second-order valence-corrected chi connectivity index (χ2v) is 9.39. The lowest BCUT2D eigenvalue weighted by Gasteiger charge is -2.14. The van der Waals surface area contributed by atoms with Gasteiger partial charge in [0.1, 0.15) is 18.1 Å². The fourth-order valence-electron chi connectivity index (χ4n) is 3.84. The number of benzene rings is 3. The third kappa shape index (κ3) is 9.46. The lowest BCUT2D eigenvalue weighted by atomic mass is 10.1. The van der Waals surface area contributed by atoms with Crippen LogP contribution in [0.3, 0.4) is 0 Å². The van der Waals surface area contributed by atoms with Gasteiger partial charge in [-0.25, -0.2) is 0 Å². The topological polar surface area (TPSA) is 120 Å². The van der Waals surface area contributed by atoms with Gasteiger partial charge < -0.3 is 35.4 Å². The van der Waals surface area contributed by atoms with Gasteiger partial charge in [0.25, 0.3) is 5.91 Å². The zero-order chi connectivity index (χ0) is 27.3. The number of carbonyl (C=O) groups excluding carboxylic acids is 1. The van der Waals surface area contributed by atoms with Gasteiger partial charge in [0.05, 0.1) is 25.9 Å². The van der Waals surface area contributed by atoms with Crippen molar-refractivity contribution >= 4 is 5.91 Å². The highest BCUT2D eigenvalue weighted by Crippen LogP contribution is 2.22. The van der Waals surface area contributed by atoms with Crippen molar-refractivity contribution in [3.05, 3.63) is 94.5 Å². The number of ether oxygens (including phenoxy) is 2. The van der Waals surface area contributed by atoms with Gasteiger partial charge in [-0.3, -0.25) is 4.79 Å². The molecule has 0 fully saturated rings. The Hall–Kier alpha value is -3.43. The molecule has 0 unspecified atom stereocenters. The zero-order valence-corrected chi connectivity index (χ0v) is 22.0. The van der Waals surface area contributed by atoms with Gasteiger partial charge in [-0.1, -0.05) is 30.3 Å². The predicted octanol–water partition coefficient (Wildman–Crippen LogP) is 3.48. The van der Waals surface area contributed by atoms with E-state index in [4.69, 9.17) is 9.47 Å². The molecule has 0 saturated carbocycles. The Kier molecular flexibility index (Phi) is 11.6. The summed E-state index contributed by atoms with van der Waals surface area (Å²) in [5.41, 5.74) is 3.74. The second kappa shape index (κ2) is 15.1. The summed E-state index contributed by atoms with van der Waals surface area (Å²) in [6.07, 6.45) is 0.0641. The zero-order valence-electron chi connectivity index (χ0n) is 22.0. The highest BCUT2D eigenvalue weighted by molar-refractivity contribution is 5.94. The molecule has 3 rings (SSSR count). The minimum Gasteiger partial charge on any atom is -0.508 e. The molecule has 0 aliphatic carbocycles. The van der Waals surface area contributed by atoms with Crippen LogP contribution in [-0.4, -0.2) is 53.6 Å². The summed E-state index contributed by atoms with van der Waals surface area (Å²) in [5.74, 6) is 0.694. The highest BCUT2D eigenvalue weighted by Gasteiger charge is 2.10. The van der Waals surface area contributed by atoms with Crippen molar-refractivity contribution in [1.29, 1.82) is 0 Å². The van der Waals surface area contributed by atoms with E-state index >= 15 is 0 Å². The summed E-state index contributed by atoms with van der Waals surface area (Å²) >= 11 is 0. The van der Waals surface area contributed by atoms with E-state index in [1.165, 1.54) is 6.07 Å². The highest BCUT2D eigenvalue weighted by atomic mass is 16.5. The molecule has 5 N–H and O–H groups in total. The SMILES string of the molecule is CC(C)NC(=O)c1cccc(COCCOc2ccc(CCNC[C@@H](O)c3ccc(O)c(CO)c3)cc2)c1. The first-order valence-corrected chi connectivity index (χ1v) is 12.9. The molecule has 0 aromatic heterocycles. The fourth-order valence-corrected chi connectivity index (χ4v) is 3.84. The third-order valence-corrected chi connectivity index (χ3v) is 5.88. The van der Waals surface area contributed by atoms with Crippen LogP contribution in [-0.2, 0) is 24.4 Å². The molecule has 8 nitrogen and oxygen atoms in total. The van der Waals surface area contributed by atoms with E-state index in [1.54, 1.807) is 18.2 Å². The van der Waals surface area contributed by atoms with Crippen molar-refractivity contribution < 1.29 is 29.6 Å². The molecule has 0 aliphatic heterocycles. The van der Waals surface area contributed by atoms with E-state index in [1.807, 2.05) is 56.3 Å². The van der Waals surface area contributed by atoms with Crippen molar-refractivity contribution in [3.8, 4) is 11.5 Å². The van der Waals surface area contributed by atoms with Gasteiger partial charge in [0, 0.05) is 23.7 Å². The van der Waals surface area contributed by atoms with E-state index in [2.05, 4.69) is 10.6 Å². The van der Waals surface area contributed by atoms with Crippen LogP contribution in [0.1, 0.15) is 52.6 Å². The average molecular weight is 523 g/mol. The monoisotopic (exact) mass is 522 g/mol. The number of carbonyl (C=O) groups is 1. The lowest BCUT2D eigenvalue weighted by molar-refractivity contribution is 0.0885. The number of aliphatic hydroxyl groups is 2. The number of rotatable bonds is 15. The average Bonchev–Trinajstić information content (AvgIpc) is 2.91. The van der Waals surface area contributed by atoms with E-state index in [0.29, 0.717) is 49.6 Å². The molecule has 0 spiro atoms. The van der Waals surface area contributed by atoms with Gasteiger partial charge in [0.2, 0.25) is 0 Å². The fraction of sp³-hybridized carbons (Fsp3) is 0.367. The molecule has 0 saturated heterocycles. The lowest BCUT2D eigenvalue weighted by Crippen LogP contribution is -2.30. The molecular formula is C30H38N2O6. The number of hydrogen-bond acceptors (Lipinski definition) is 7. The molecule has 3 aromatic rings. The number of nitrogens with one attached hydrogen (secondary N) is 2. The van der Waals surface area contributed by atoms with Crippen LogP contribution in [0, 0.1) is 0 Å². The Balaban J connectivity index is 1.31. The molecule has 3 aromatic carbocycles. The molecule has 0 bridgehead atoms. The van der Waals surface area contributed by atoms with Crippen LogP contribution in [0.15, 0.2) is 66.7 Å². The molecule has 1 amide bonds. The first kappa shape index (κ1) is 29.1. The molecule has 0 aliphatic rings. The third-order valence-electron chi connectivity index (χ3n) is 5.88. The number of hydrogen-bond donors (Lipinski definition) is 5. The Morgan fingerprint density at radius 3 is 2.50 bits per heavy atom. The first-order valence-electron chi connectivity index (χ1n) is 12.9. The quantitative estimate of drug-likeness (QED) is 0.194. The van der Waals surface area contributed by atoms with Gasteiger partial charge in [-0.15, -0.1) is 0 Å². The molecular weight excluding hydrogens is 484 g/mol. The van der Waals surface area contributed by atoms with Crippen molar-refractivity contribution in [2.24, 2.45) is 0 Å². The van der Waals surface area contributed by atoms with E-state index in [0.717, 1.165) is 23.3 Å². The molecule has 204 valence electrons. The Morgan fingerprint density at radius 1 is 0.974 bits per heavy atom. The Bertz CT molecular complexity index is 1150. The maximum absolute atomic E-state index is 12.1. The van der Waals surface area contributed by atoms with Crippen molar-refractivity contribution in [1.82, 2.24) is 10.6 Å². The minimum atomic E-state index is -0.729. The normalized spacial score (nSPS) is 11.9. The van der Waals surface area contributed by atoms with E-state index in [-0.39, 0.29) is 24.3 Å². The molecule has 1 atom stereocenters. The van der Waals surface area contributed by atoms with Gasteiger partial charge in [0.15, 0.2) is 0 Å². The second-order valence-electron chi connectivity index (χ2n) is 9.39. The van der Waals surface area contributed by atoms with Gasteiger partial charge in [-0.2, -0.15) is 0 Å². The minimum absolute atomic E-state index is 0.0197. The molecule has 0 heterocycles. The summed E-state index contributed by atoms with van der Waals surface area (Å²) < 4.78 is 11.5. The van der Waals surface area contributed by atoms with E-state index in [9.17, 15) is 20.1 Å². The number of aliphatic hydroxyl groups excluding tert-OH is 2. The van der Waals surface area contributed by atoms with Crippen molar-refractivity contribution in [3.63, 3.8) is 0 Å². The molecule has 38 heavy (non-hydrogen) atoms. The van der Waals surface area contributed by atoms with Gasteiger partial charge in [-0.05, 0) is 79.9 Å². The number of aromatic hydroxyl groups is 1. The van der Waals surface area contributed by atoms with Gasteiger partial charge >= 0.3 is 0 Å². The Morgan fingerprint density at radius 2 is 1.76 bits per heavy atom. The molecule has 0 radical (unpaired) electrons. The largest absolute Gasteiger partial charge is 0.508 e. The maximum Gasteiger partial charge on any atom is 0.251 e. The van der Waals surface area contributed by atoms with Crippen molar-refractivity contribution in [2.75, 3.05) is 26.3 Å².